The monoisotopic (exact) mass is 555 g/mol. The van der Waals surface area contributed by atoms with Crippen LogP contribution in [0.2, 0.25) is 10.0 Å². The molecule has 9 heteroatoms. The van der Waals surface area contributed by atoms with Crippen molar-refractivity contribution in [3.05, 3.63) is 93.5 Å². The highest BCUT2D eigenvalue weighted by atomic mass is 35.5. The number of hydrazone groups is 1. The number of rotatable bonds is 12. The third kappa shape index (κ3) is 9.39. The lowest BCUT2D eigenvalue weighted by molar-refractivity contribution is -0.130. The van der Waals surface area contributed by atoms with Crippen molar-refractivity contribution in [1.82, 2.24) is 10.7 Å². The van der Waals surface area contributed by atoms with E-state index in [1.54, 1.807) is 30.3 Å². The summed E-state index contributed by atoms with van der Waals surface area (Å²) in [5.74, 6) is 0.683. The molecule has 2 amide bonds. The van der Waals surface area contributed by atoms with E-state index in [1.165, 1.54) is 6.21 Å². The standard InChI is InChI=1S/C29H31Cl2N3O4/c1-19(2)14-26(33-28(35)18-38-27-7-5-4-6-20(27)3)29(36)34-32-16-21-8-12-24(13-9-21)37-17-22-10-11-23(30)15-25(22)31/h4-13,15-16,19,26H,14,17-18H2,1-3H3,(H,33,35)(H,34,36)/b32-16-/t26-/m0/s1. The number of hydrogen-bond acceptors (Lipinski definition) is 5. The molecule has 0 aliphatic rings. The Bertz CT molecular complexity index is 1260. The van der Waals surface area contributed by atoms with Gasteiger partial charge in [0.2, 0.25) is 0 Å². The van der Waals surface area contributed by atoms with E-state index in [0.717, 1.165) is 16.7 Å². The number of aryl methyl sites for hydroxylation is 1. The molecule has 0 aliphatic heterocycles. The number of nitrogens with one attached hydrogen (secondary N) is 2. The summed E-state index contributed by atoms with van der Waals surface area (Å²) >= 11 is 12.1. The molecule has 0 spiro atoms. The number of carbonyl (C=O) groups excluding carboxylic acids is 2. The number of halogens is 2. The zero-order valence-corrected chi connectivity index (χ0v) is 23.1. The predicted molar refractivity (Wildman–Crippen MR) is 151 cm³/mol. The van der Waals surface area contributed by atoms with Gasteiger partial charge in [-0.3, -0.25) is 9.59 Å². The zero-order chi connectivity index (χ0) is 27.5. The Morgan fingerprint density at radius 2 is 1.74 bits per heavy atom. The van der Waals surface area contributed by atoms with E-state index in [9.17, 15) is 9.59 Å². The zero-order valence-electron chi connectivity index (χ0n) is 21.5. The Hall–Kier alpha value is -3.55. The van der Waals surface area contributed by atoms with Gasteiger partial charge in [0.25, 0.3) is 11.8 Å². The Labute approximate surface area is 233 Å². The van der Waals surface area contributed by atoms with Crippen LogP contribution in [0.3, 0.4) is 0 Å². The van der Waals surface area contributed by atoms with Gasteiger partial charge < -0.3 is 14.8 Å². The number of hydrogen-bond donors (Lipinski definition) is 2. The molecule has 0 heterocycles. The lowest BCUT2D eigenvalue weighted by Gasteiger charge is -2.19. The van der Waals surface area contributed by atoms with Gasteiger partial charge in [-0.05, 0) is 72.9 Å². The Kier molecular flexibility index (Phi) is 11.0. The molecule has 0 saturated carbocycles. The lowest BCUT2D eigenvalue weighted by Crippen LogP contribution is -2.47. The second-order valence-corrected chi connectivity index (χ2v) is 9.98. The van der Waals surface area contributed by atoms with Gasteiger partial charge in [0.15, 0.2) is 6.61 Å². The largest absolute Gasteiger partial charge is 0.489 e. The first-order chi connectivity index (χ1) is 18.2. The van der Waals surface area contributed by atoms with E-state index in [2.05, 4.69) is 15.8 Å². The minimum absolute atomic E-state index is 0.183. The van der Waals surface area contributed by atoms with E-state index in [4.69, 9.17) is 32.7 Å². The normalized spacial score (nSPS) is 11.8. The molecule has 0 radical (unpaired) electrons. The number of ether oxygens (including phenoxy) is 2. The second-order valence-electron chi connectivity index (χ2n) is 9.13. The van der Waals surface area contributed by atoms with Crippen molar-refractivity contribution < 1.29 is 19.1 Å². The van der Waals surface area contributed by atoms with Gasteiger partial charge in [0.05, 0.1) is 6.21 Å². The van der Waals surface area contributed by atoms with Crippen molar-refractivity contribution in [1.29, 1.82) is 0 Å². The molecule has 0 aromatic heterocycles. The summed E-state index contributed by atoms with van der Waals surface area (Å²) in [6, 6.07) is 19.2. The fourth-order valence-corrected chi connectivity index (χ4v) is 3.96. The minimum Gasteiger partial charge on any atom is -0.489 e. The van der Waals surface area contributed by atoms with Crippen molar-refractivity contribution in [3.8, 4) is 11.5 Å². The summed E-state index contributed by atoms with van der Waals surface area (Å²) in [4.78, 5) is 25.2. The maximum absolute atomic E-state index is 12.7. The van der Waals surface area contributed by atoms with Crippen LogP contribution in [-0.2, 0) is 16.2 Å². The molecule has 3 aromatic carbocycles. The third-order valence-electron chi connectivity index (χ3n) is 5.49. The molecule has 2 N–H and O–H groups in total. The van der Waals surface area contributed by atoms with Gasteiger partial charge in [-0.25, -0.2) is 5.43 Å². The Morgan fingerprint density at radius 1 is 1.00 bits per heavy atom. The van der Waals surface area contributed by atoms with Gasteiger partial charge >= 0.3 is 0 Å². The van der Waals surface area contributed by atoms with E-state index >= 15 is 0 Å². The first kappa shape index (κ1) is 29.0. The van der Waals surface area contributed by atoms with E-state index in [1.807, 2.05) is 57.2 Å². The van der Waals surface area contributed by atoms with Crippen LogP contribution in [0.4, 0.5) is 0 Å². The number of para-hydroxylation sites is 1. The molecule has 7 nitrogen and oxygen atoms in total. The molecule has 0 fully saturated rings. The van der Waals surface area contributed by atoms with Gasteiger partial charge in [0, 0.05) is 15.6 Å². The van der Waals surface area contributed by atoms with Gasteiger partial charge in [-0.1, -0.05) is 61.3 Å². The van der Waals surface area contributed by atoms with Crippen LogP contribution < -0.4 is 20.2 Å². The number of nitrogens with zero attached hydrogens (tertiary/aromatic N) is 1. The molecule has 0 unspecified atom stereocenters. The average Bonchev–Trinajstić information content (AvgIpc) is 2.88. The van der Waals surface area contributed by atoms with E-state index in [-0.39, 0.29) is 18.4 Å². The summed E-state index contributed by atoms with van der Waals surface area (Å²) in [6.45, 7) is 5.97. The highest BCUT2D eigenvalue weighted by Crippen LogP contribution is 2.23. The topological polar surface area (TPSA) is 89.0 Å². The van der Waals surface area contributed by atoms with Crippen LogP contribution in [0.25, 0.3) is 0 Å². The van der Waals surface area contributed by atoms with Crippen molar-refractivity contribution >= 4 is 41.2 Å². The van der Waals surface area contributed by atoms with Crippen molar-refractivity contribution in [2.45, 2.75) is 39.8 Å². The maximum atomic E-state index is 12.7. The van der Waals surface area contributed by atoms with E-state index in [0.29, 0.717) is 34.6 Å². The first-order valence-electron chi connectivity index (χ1n) is 12.2. The fraction of sp³-hybridized carbons (Fsp3) is 0.276. The minimum atomic E-state index is -0.740. The first-order valence-corrected chi connectivity index (χ1v) is 12.9. The molecule has 3 aromatic rings. The Morgan fingerprint density at radius 3 is 2.42 bits per heavy atom. The number of amides is 2. The van der Waals surface area contributed by atoms with Crippen molar-refractivity contribution in [2.75, 3.05) is 6.61 Å². The highest BCUT2D eigenvalue weighted by molar-refractivity contribution is 6.35. The van der Waals surface area contributed by atoms with Gasteiger partial charge in [0.1, 0.15) is 24.1 Å². The summed E-state index contributed by atoms with van der Waals surface area (Å²) < 4.78 is 11.4. The lowest BCUT2D eigenvalue weighted by atomic mass is 10.0. The van der Waals surface area contributed by atoms with Crippen molar-refractivity contribution in [3.63, 3.8) is 0 Å². The molecule has 200 valence electrons. The predicted octanol–water partition coefficient (Wildman–Crippen LogP) is 5.94. The third-order valence-corrected chi connectivity index (χ3v) is 6.08. The summed E-state index contributed by atoms with van der Waals surface area (Å²) in [7, 11) is 0. The molecular formula is C29H31Cl2N3O4. The van der Waals surface area contributed by atoms with Crippen LogP contribution in [0.1, 0.15) is 37.0 Å². The molecule has 3 rings (SSSR count). The molecule has 1 atom stereocenters. The smallest absolute Gasteiger partial charge is 0.262 e. The highest BCUT2D eigenvalue weighted by Gasteiger charge is 2.22. The molecule has 38 heavy (non-hydrogen) atoms. The van der Waals surface area contributed by atoms with Crippen LogP contribution in [-0.4, -0.2) is 30.7 Å². The summed E-state index contributed by atoms with van der Waals surface area (Å²) in [6.07, 6.45) is 1.98. The maximum Gasteiger partial charge on any atom is 0.262 e. The summed E-state index contributed by atoms with van der Waals surface area (Å²) in [5, 5.41) is 7.91. The molecule has 0 saturated heterocycles. The van der Waals surface area contributed by atoms with Crippen LogP contribution >= 0.6 is 23.2 Å². The molecule has 0 bridgehead atoms. The average molecular weight is 556 g/mol. The second kappa shape index (κ2) is 14.4. The molecular weight excluding hydrogens is 525 g/mol. The van der Waals surface area contributed by atoms with Gasteiger partial charge in [-0.15, -0.1) is 0 Å². The van der Waals surface area contributed by atoms with E-state index < -0.39 is 11.9 Å². The SMILES string of the molecule is Cc1ccccc1OCC(=O)N[C@@H](CC(C)C)C(=O)N/N=C\c1ccc(OCc2ccc(Cl)cc2Cl)cc1. The Balaban J connectivity index is 1.50. The van der Waals surface area contributed by atoms with Gasteiger partial charge in [-0.2, -0.15) is 5.10 Å². The van der Waals surface area contributed by atoms with Crippen LogP contribution in [0.5, 0.6) is 11.5 Å². The van der Waals surface area contributed by atoms with Crippen LogP contribution in [0, 0.1) is 12.8 Å². The van der Waals surface area contributed by atoms with Crippen molar-refractivity contribution in [2.24, 2.45) is 11.0 Å². The number of benzene rings is 3. The fourth-order valence-electron chi connectivity index (χ4n) is 3.50. The van der Waals surface area contributed by atoms with Crippen LogP contribution in [0.15, 0.2) is 71.8 Å². The number of carbonyl (C=O) groups is 2. The molecule has 0 aliphatic carbocycles. The quantitative estimate of drug-likeness (QED) is 0.214. The summed E-state index contributed by atoms with van der Waals surface area (Å²) in [5.41, 5.74) is 5.03.